The molecule has 3 heteroatoms. The van der Waals surface area contributed by atoms with Crippen molar-refractivity contribution < 1.29 is 4.74 Å². The molecule has 1 N–H and O–H groups in total. The molecule has 0 heterocycles. The Morgan fingerprint density at radius 3 is 2.75 bits per heavy atom. The number of halogens is 1. The Hall–Kier alpha value is -0.730. The average molecular weight is 242 g/mol. The van der Waals surface area contributed by atoms with E-state index in [2.05, 4.69) is 19.2 Å². The van der Waals surface area contributed by atoms with Gasteiger partial charge < -0.3 is 10.1 Å². The Balaban J connectivity index is 2.63. The van der Waals surface area contributed by atoms with Crippen LogP contribution < -0.4 is 10.1 Å². The highest BCUT2D eigenvalue weighted by molar-refractivity contribution is 6.30. The standard InChI is InChI=1S/C13H20ClNO/c1-4-16-13-7-12(14)6-5-11(13)9-15-8-10(2)3/h5-7,10,15H,4,8-9H2,1-3H3. The largest absolute Gasteiger partial charge is 0.493 e. The molecule has 90 valence electrons. The highest BCUT2D eigenvalue weighted by Gasteiger charge is 2.04. The molecule has 0 saturated heterocycles. The van der Waals surface area contributed by atoms with Crippen LogP contribution in [0.15, 0.2) is 18.2 Å². The van der Waals surface area contributed by atoms with Gasteiger partial charge in [-0.3, -0.25) is 0 Å². The summed E-state index contributed by atoms with van der Waals surface area (Å²) in [6.45, 7) is 8.86. The molecule has 1 aromatic rings. The number of hydrogen-bond donors (Lipinski definition) is 1. The van der Waals surface area contributed by atoms with E-state index >= 15 is 0 Å². The van der Waals surface area contributed by atoms with Crippen molar-refractivity contribution in [1.29, 1.82) is 0 Å². The van der Waals surface area contributed by atoms with Crippen LogP contribution in [0.2, 0.25) is 5.02 Å². The summed E-state index contributed by atoms with van der Waals surface area (Å²) in [5.74, 6) is 1.54. The summed E-state index contributed by atoms with van der Waals surface area (Å²) in [6.07, 6.45) is 0. The highest BCUT2D eigenvalue weighted by Crippen LogP contribution is 2.23. The lowest BCUT2D eigenvalue weighted by Crippen LogP contribution is -2.19. The summed E-state index contributed by atoms with van der Waals surface area (Å²) in [7, 11) is 0. The molecule has 0 bridgehead atoms. The van der Waals surface area contributed by atoms with Crippen LogP contribution in [0.25, 0.3) is 0 Å². The third-order valence-corrected chi connectivity index (χ3v) is 2.43. The quantitative estimate of drug-likeness (QED) is 0.823. The van der Waals surface area contributed by atoms with Crippen molar-refractivity contribution in [2.24, 2.45) is 5.92 Å². The van der Waals surface area contributed by atoms with Gasteiger partial charge in [-0.25, -0.2) is 0 Å². The third kappa shape index (κ3) is 4.42. The molecule has 1 rings (SSSR count). The zero-order chi connectivity index (χ0) is 12.0. The minimum atomic E-state index is 0.655. The zero-order valence-electron chi connectivity index (χ0n) is 10.2. The third-order valence-electron chi connectivity index (χ3n) is 2.20. The van der Waals surface area contributed by atoms with Crippen molar-refractivity contribution in [3.8, 4) is 5.75 Å². The number of ether oxygens (including phenoxy) is 1. The first-order valence-corrected chi connectivity index (χ1v) is 6.13. The van der Waals surface area contributed by atoms with Gasteiger partial charge in [0.15, 0.2) is 0 Å². The number of rotatable bonds is 6. The van der Waals surface area contributed by atoms with Crippen molar-refractivity contribution in [2.75, 3.05) is 13.2 Å². The first kappa shape index (κ1) is 13.3. The molecular weight excluding hydrogens is 222 g/mol. The maximum atomic E-state index is 5.94. The molecule has 0 fully saturated rings. The molecule has 0 spiro atoms. The molecule has 0 aliphatic heterocycles. The Morgan fingerprint density at radius 1 is 1.38 bits per heavy atom. The van der Waals surface area contributed by atoms with Crippen molar-refractivity contribution in [3.63, 3.8) is 0 Å². The van der Waals surface area contributed by atoms with Crippen LogP contribution in [0.1, 0.15) is 26.3 Å². The van der Waals surface area contributed by atoms with Crippen LogP contribution in [0.4, 0.5) is 0 Å². The van der Waals surface area contributed by atoms with Crippen molar-refractivity contribution in [1.82, 2.24) is 5.32 Å². The summed E-state index contributed by atoms with van der Waals surface area (Å²) in [5, 5.41) is 4.11. The minimum absolute atomic E-state index is 0.655. The second kappa shape index (κ2) is 6.77. The Morgan fingerprint density at radius 2 is 2.12 bits per heavy atom. The molecule has 0 saturated carbocycles. The highest BCUT2D eigenvalue weighted by atomic mass is 35.5. The summed E-state index contributed by atoms with van der Waals surface area (Å²) >= 11 is 5.94. The van der Waals surface area contributed by atoms with E-state index in [-0.39, 0.29) is 0 Å². The van der Waals surface area contributed by atoms with E-state index in [1.807, 2.05) is 25.1 Å². The zero-order valence-corrected chi connectivity index (χ0v) is 11.0. The van der Waals surface area contributed by atoms with E-state index in [1.165, 1.54) is 0 Å². The number of benzene rings is 1. The molecule has 0 amide bonds. The molecule has 0 atom stereocenters. The molecule has 0 radical (unpaired) electrons. The van der Waals surface area contributed by atoms with Crippen LogP contribution >= 0.6 is 11.6 Å². The van der Waals surface area contributed by atoms with Gasteiger partial charge in [-0.1, -0.05) is 31.5 Å². The van der Waals surface area contributed by atoms with E-state index in [0.29, 0.717) is 12.5 Å². The van der Waals surface area contributed by atoms with Crippen molar-refractivity contribution in [3.05, 3.63) is 28.8 Å². The maximum absolute atomic E-state index is 5.94. The summed E-state index contributed by atoms with van der Waals surface area (Å²) in [4.78, 5) is 0. The van der Waals surface area contributed by atoms with Crippen LogP contribution in [0.3, 0.4) is 0 Å². The Labute approximate surface area is 103 Å². The predicted octanol–water partition coefficient (Wildman–Crippen LogP) is 3.48. The van der Waals surface area contributed by atoms with E-state index in [1.54, 1.807) is 0 Å². The molecule has 0 aromatic heterocycles. The molecule has 0 unspecified atom stereocenters. The molecule has 16 heavy (non-hydrogen) atoms. The van der Waals surface area contributed by atoms with Gasteiger partial charge in [0.05, 0.1) is 6.61 Å². The fourth-order valence-corrected chi connectivity index (χ4v) is 1.62. The number of hydrogen-bond acceptors (Lipinski definition) is 2. The molecule has 0 aliphatic rings. The Bertz CT molecular complexity index is 326. The van der Waals surface area contributed by atoms with E-state index < -0.39 is 0 Å². The lowest BCUT2D eigenvalue weighted by molar-refractivity contribution is 0.335. The van der Waals surface area contributed by atoms with Gasteiger partial charge in [0.1, 0.15) is 5.75 Å². The smallest absolute Gasteiger partial charge is 0.125 e. The van der Waals surface area contributed by atoms with Crippen LogP contribution in [-0.2, 0) is 6.54 Å². The summed E-state index contributed by atoms with van der Waals surface area (Å²) < 4.78 is 5.55. The summed E-state index contributed by atoms with van der Waals surface area (Å²) in [5.41, 5.74) is 1.16. The monoisotopic (exact) mass is 241 g/mol. The Kier molecular flexibility index (Phi) is 5.64. The van der Waals surface area contributed by atoms with E-state index in [9.17, 15) is 0 Å². The summed E-state index contributed by atoms with van der Waals surface area (Å²) in [6, 6.07) is 5.79. The minimum Gasteiger partial charge on any atom is -0.493 e. The normalized spacial score (nSPS) is 10.8. The van der Waals surface area contributed by atoms with Gasteiger partial charge in [0, 0.05) is 17.1 Å². The van der Waals surface area contributed by atoms with E-state index in [4.69, 9.17) is 16.3 Å². The molecular formula is C13H20ClNO. The van der Waals surface area contributed by atoms with Gasteiger partial charge in [-0.15, -0.1) is 0 Å². The van der Waals surface area contributed by atoms with E-state index in [0.717, 1.165) is 29.4 Å². The SMILES string of the molecule is CCOc1cc(Cl)ccc1CNCC(C)C. The fraction of sp³-hybridized carbons (Fsp3) is 0.538. The topological polar surface area (TPSA) is 21.3 Å². The number of nitrogens with one attached hydrogen (secondary N) is 1. The van der Waals surface area contributed by atoms with Crippen LogP contribution in [-0.4, -0.2) is 13.2 Å². The second-order valence-electron chi connectivity index (χ2n) is 4.21. The molecule has 0 aliphatic carbocycles. The lowest BCUT2D eigenvalue weighted by atomic mass is 10.2. The first-order chi connectivity index (χ1) is 7.63. The van der Waals surface area contributed by atoms with Gasteiger partial charge >= 0.3 is 0 Å². The average Bonchev–Trinajstić information content (AvgIpc) is 2.21. The van der Waals surface area contributed by atoms with Crippen molar-refractivity contribution in [2.45, 2.75) is 27.3 Å². The van der Waals surface area contributed by atoms with Crippen molar-refractivity contribution >= 4 is 11.6 Å². The molecule has 2 nitrogen and oxygen atoms in total. The fourth-order valence-electron chi connectivity index (χ4n) is 1.46. The lowest BCUT2D eigenvalue weighted by Gasteiger charge is -2.12. The van der Waals surface area contributed by atoms with Gasteiger partial charge in [-0.05, 0) is 31.5 Å². The van der Waals surface area contributed by atoms with Gasteiger partial charge in [-0.2, -0.15) is 0 Å². The van der Waals surface area contributed by atoms with Gasteiger partial charge in [0.2, 0.25) is 0 Å². The molecule has 1 aromatic carbocycles. The first-order valence-electron chi connectivity index (χ1n) is 5.75. The second-order valence-corrected chi connectivity index (χ2v) is 4.65. The van der Waals surface area contributed by atoms with Gasteiger partial charge in [0.25, 0.3) is 0 Å². The van der Waals surface area contributed by atoms with Crippen LogP contribution in [0.5, 0.6) is 5.75 Å². The van der Waals surface area contributed by atoms with Crippen LogP contribution in [0, 0.1) is 5.92 Å². The maximum Gasteiger partial charge on any atom is 0.125 e. The predicted molar refractivity (Wildman–Crippen MR) is 69.2 cm³/mol.